The molecule has 1 aromatic rings. The van der Waals surface area contributed by atoms with E-state index < -0.39 is 0 Å². The largest absolute Gasteiger partial charge is 0.353 e. The summed E-state index contributed by atoms with van der Waals surface area (Å²) in [5, 5.41) is 6.32. The summed E-state index contributed by atoms with van der Waals surface area (Å²) in [6.45, 7) is 4.70. The van der Waals surface area contributed by atoms with Gasteiger partial charge >= 0.3 is 0 Å². The third kappa shape index (κ3) is 3.60. The number of nitrogens with zero attached hydrogens (tertiary/aromatic N) is 1. The van der Waals surface area contributed by atoms with Crippen LogP contribution in [0.4, 0.5) is 0 Å². The van der Waals surface area contributed by atoms with Gasteiger partial charge in [0.1, 0.15) is 0 Å². The van der Waals surface area contributed by atoms with Crippen LogP contribution in [0.15, 0.2) is 24.5 Å². The molecule has 1 saturated heterocycles. The number of carbonyl (C=O) groups is 1. The molecule has 0 saturated carbocycles. The van der Waals surface area contributed by atoms with Crippen molar-refractivity contribution in [2.45, 2.75) is 38.8 Å². The van der Waals surface area contributed by atoms with Crippen molar-refractivity contribution in [3.05, 3.63) is 24.5 Å². The summed E-state index contributed by atoms with van der Waals surface area (Å²) in [7, 11) is 0. The van der Waals surface area contributed by atoms with Crippen LogP contribution in [-0.2, 0) is 11.3 Å². The highest BCUT2D eigenvalue weighted by Gasteiger charge is 2.25. The lowest BCUT2D eigenvalue weighted by Gasteiger charge is -2.28. The van der Waals surface area contributed by atoms with Gasteiger partial charge in [0.15, 0.2) is 0 Å². The molecule has 1 aliphatic rings. The monoisotopic (exact) mass is 249 g/mol. The van der Waals surface area contributed by atoms with Crippen molar-refractivity contribution >= 4 is 5.91 Å². The standard InChI is InChI=1S/C14H23N3O/c1-2-12-5-6-15-13(11-12)14(18)16-7-10-17-8-3-4-9-17/h3-4,8-9,12-13,15H,2,5-7,10-11H2,1H3,(H,16,18). The van der Waals surface area contributed by atoms with Crippen LogP contribution in [-0.4, -0.2) is 29.6 Å². The van der Waals surface area contributed by atoms with E-state index in [0.29, 0.717) is 12.5 Å². The van der Waals surface area contributed by atoms with E-state index in [9.17, 15) is 4.79 Å². The fourth-order valence-electron chi connectivity index (χ4n) is 2.52. The molecule has 18 heavy (non-hydrogen) atoms. The predicted molar refractivity (Wildman–Crippen MR) is 72.2 cm³/mol. The van der Waals surface area contributed by atoms with Crippen LogP contribution in [0, 0.1) is 5.92 Å². The highest BCUT2D eigenvalue weighted by atomic mass is 16.2. The van der Waals surface area contributed by atoms with Crippen molar-refractivity contribution < 1.29 is 4.79 Å². The molecule has 1 amide bonds. The minimum absolute atomic E-state index is 0.00774. The zero-order valence-electron chi connectivity index (χ0n) is 11.1. The first kappa shape index (κ1) is 13.1. The molecule has 4 heteroatoms. The lowest BCUT2D eigenvalue weighted by atomic mass is 9.90. The second-order valence-electron chi connectivity index (χ2n) is 5.02. The highest BCUT2D eigenvalue weighted by Crippen LogP contribution is 2.19. The molecule has 0 aliphatic carbocycles. The van der Waals surface area contributed by atoms with Crippen LogP contribution in [0.1, 0.15) is 26.2 Å². The minimum atomic E-state index is 0.00774. The first-order valence-corrected chi connectivity index (χ1v) is 6.91. The second kappa shape index (κ2) is 6.59. The average molecular weight is 249 g/mol. The van der Waals surface area contributed by atoms with Crippen molar-refractivity contribution in [2.75, 3.05) is 13.1 Å². The van der Waals surface area contributed by atoms with Gasteiger partial charge < -0.3 is 15.2 Å². The average Bonchev–Trinajstić information content (AvgIpc) is 2.92. The number of carbonyl (C=O) groups excluding carboxylic acids is 1. The van der Waals surface area contributed by atoms with Gasteiger partial charge in [-0.25, -0.2) is 0 Å². The van der Waals surface area contributed by atoms with E-state index in [1.165, 1.54) is 12.8 Å². The van der Waals surface area contributed by atoms with Crippen LogP contribution in [0.5, 0.6) is 0 Å². The molecule has 0 bridgehead atoms. The molecule has 2 atom stereocenters. The third-order valence-corrected chi connectivity index (χ3v) is 3.74. The minimum Gasteiger partial charge on any atom is -0.353 e. The zero-order valence-corrected chi connectivity index (χ0v) is 11.1. The number of piperidine rings is 1. The van der Waals surface area contributed by atoms with Gasteiger partial charge in [-0.3, -0.25) is 4.79 Å². The summed E-state index contributed by atoms with van der Waals surface area (Å²) in [4.78, 5) is 12.0. The lowest BCUT2D eigenvalue weighted by Crippen LogP contribution is -2.49. The highest BCUT2D eigenvalue weighted by molar-refractivity contribution is 5.81. The molecule has 1 aromatic heterocycles. The van der Waals surface area contributed by atoms with E-state index in [0.717, 1.165) is 19.5 Å². The van der Waals surface area contributed by atoms with Gasteiger partial charge in [-0.05, 0) is 37.4 Å². The fraction of sp³-hybridized carbons (Fsp3) is 0.643. The molecule has 0 radical (unpaired) electrons. The quantitative estimate of drug-likeness (QED) is 0.828. The van der Waals surface area contributed by atoms with Gasteiger partial charge in [0.25, 0.3) is 0 Å². The maximum Gasteiger partial charge on any atom is 0.237 e. The van der Waals surface area contributed by atoms with Crippen LogP contribution in [0.3, 0.4) is 0 Å². The summed E-state index contributed by atoms with van der Waals surface area (Å²) >= 11 is 0. The normalized spacial score (nSPS) is 23.8. The number of aromatic nitrogens is 1. The fourth-order valence-corrected chi connectivity index (χ4v) is 2.52. The topological polar surface area (TPSA) is 46.1 Å². The van der Waals surface area contributed by atoms with Gasteiger partial charge in [0, 0.05) is 25.5 Å². The molecule has 4 nitrogen and oxygen atoms in total. The van der Waals surface area contributed by atoms with Crippen LogP contribution in [0.2, 0.25) is 0 Å². The van der Waals surface area contributed by atoms with Gasteiger partial charge in [0.2, 0.25) is 5.91 Å². The van der Waals surface area contributed by atoms with Crippen molar-refractivity contribution in [1.82, 2.24) is 15.2 Å². The van der Waals surface area contributed by atoms with E-state index in [1.54, 1.807) is 0 Å². The van der Waals surface area contributed by atoms with Crippen LogP contribution in [0.25, 0.3) is 0 Å². The molecule has 2 unspecified atom stereocenters. The number of hydrogen-bond donors (Lipinski definition) is 2. The summed E-state index contributed by atoms with van der Waals surface area (Å²) in [6, 6.07) is 4.00. The third-order valence-electron chi connectivity index (χ3n) is 3.74. The molecular formula is C14H23N3O. The molecule has 0 spiro atoms. The Morgan fingerprint density at radius 2 is 2.22 bits per heavy atom. The van der Waals surface area contributed by atoms with Crippen molar-refractivity contribution in [1.29, 1.82) is 0 Å². The van der Waals surface area contributed by atoms with E-state index >= 15 is 0 Å². The number of amides is 1. The van der Waals surface area contributed by atoms with Gasteiger partial charge in [-0.1, -0.05) is 13.3 Å². The van der Waals surface area contributed by atoms with Crippen molar-refractivity contribution in [3.63, 3.8) is 0 Å². The van der Waals surface area contributed by atoms with E-state index in [1.807, 2.05) is 24.5 Å². The summed E-state index contributed by atoms with van der Waals surface area (Å²) in [5.41, 5.74) is 0. The number of hydrogen-bond acceptors (Lipinski definition) is 2. The maximum atomic E-state index is 12.0. The van der Waals surface area contributed by atoms with Gasteiger partial charge in [-0.2, -0.15) is 0 Å². The number of nitrogens with one attached hydrogen (secondary N) is 2. The Bertz CT molecular complexity index is 361. The van der Waals surface area contributed by atoms with Crippen LogP contribution >= 0.6 is 0 Å². The molecule has 2 heterocycles. The first-order chi connectivity index (χ1) is 8.79. The van der Waals surface area contributed by atoms with Gasteiger partial charge in [0.05, 0.1) is 6.04 Å². The summed E-state index contributed by atoms with van der Waals surface area (Å²) in [5.74, 6) is 0.853. The molecule has 1 fully saturated rings. The van der Waals surface area contributed by atoms with E-state index in [4.69, 9.17) is 0 Å². The van der Waals surface area contributed by atoms with Gasteiger partial charge in [-0.15, -0.1) is 0 Å². The van der Waals surface area contributed by atoms with Crippen molar-refractivity contribution in [3.8, 4) is 0 Å². The predicted octanol–water partition coefficient (Wildman–Crippen LogP) is 1.38. The van der Waals surface area contributed by atoms with E-state index in [-0.39, 0.29) is 11.9 Å². The Labute approximate surface area is 109 Å². The smallest absolute Gasteiger partial charge is 0.237 e. The molecule has 0 aromatic carbocycles. The molecular weight excluding hydrogens is 226 g/mol. The Morgan fingerprint density at radius 3 is 2.94 bits per heavy atom. The summed E-state index contributed by atoms with van der Waals surface area (Å²) < 4.78 is 2.07. The SMILES string of the molecule is CCC1CCNC(C(=O)NCCn2cccc2)C1. The second-order valence-corrected chi connectivity index (χ2v) is 5.02. The Kier molecular flexibility index (Phi) is 4.81. The number of rotatable bonds is 5. The Hall–Kier alpha value is -1.29. The Balaban J connectivity index is 1.70. The van der Waals surface area contributed by atoms with E-state index in [2.05, 4.69) is 22.1 Å². The summed E-state index contributed by atoms with van der Waals surface area (Å²) in [6.07, 6.45) is 7.38. The molecule has 2 N–H and O–H groups in total. The molecule has 100 valence electrons. The Morgan fingerprint density at radius 1 is 1.44 bits per heavy atom. The lowest BCUT2D eigenvalue weighted by molar-refractivity contribution is -0.124. The maximum absolute atomic E-state index is 12.0. The molecule has 2 rings (SSSR count). The van der Waals surface area contributed by atoms with Crippen molar-refractivity contribution in [2.24, 2.45) is 5.92 Å². The first-order valence-electron chi connectivity index (χ1n) is 6.91. The van der Waals surface area contributed by atoms with Crippen LogP contribution < -0.4 is 10.6 Å². The molecule has 1 aliphatic heterocycles. The zero-order chi connectivity index (χ0) is 12.8.